The molecule has 0 saturated heterocycles. The fraction of sp³-hybridized carbons (Fsp3) is 0.588. The van der Waals surface area contributed by atoms with E-state index in [1.165, 1.54) is 0 Å². The van der Waals surface area contributed by atoms with Crippen LogP contribution in [0.1, 0.15) is 44.1 Å². The van der Waals surface area contributed by atoms with Gasteiger partial charge in [0.2, 0.25) is 15.9 Å². The summed E-state index contributed by atoms with van der Waals surface area (Å²) in [5, 5.41) is 2.85. The van der Waals surface area contributed by atoms with Crippen LogP contribution in [0, 0.1) is 12.8 Å². The summed E-state index contributed by atoms with van der Waals surface area (Å²) in [5.41, 5.74) is 7.12. The summed E-state index contributed by atoms with van der Waals surface area (Å²) >= 11 is 0. The standard InChI is InChI=1S/C17H25N3O3S/c1-11-5-6-15(10-16(11)24(22,23)20-14-7-8-14)19-17(21)12-3-2-4-13(18)9-12/h5-6,10,12-14,20H,2-4,7-9,18H2,1H3,(H,19,21). The van der Waals surface area contributed by atoms with Crippen molar-refractivity contribution in [3.05, 3.63) is 23.8 Å². The highest BCUT2D eigenvalue weighted by Crippen LogP contribution is 2.27. The predicted octanol–water partition coefficient (Wildman–Crippen LogP) is 1.89. The molecule has 0 aliphatic heterocycles. The second kappa shape index (κ2) is 6.82. The molecule has 1 aromatic rings. The lowest BCUT2D eigenvalue weighted by Crippen LogP contribution is -2.34. The molecular weight excluding hydrogens is 326 g/mol. The summed E-state index contributed by atoms with van der Waals surface area (Å²) in [7, 11) is -3.54. The van der Waals surface area contributed by atoms with Crippen LogP contribution in [0.4, 0.5) is 5.69 Å². The Hall–Kier alpha value is -1.44. The Morgan fingerprint density at radius 2 is 1.96 bits per heavy atom. The number of benzene rings is 1. The van der Waals surface area contributed by atoms with Crippen molar-refractivity contribution in [3.63, 3.8) is 0 Å². The Morgan fingerprint density at radius 3 is 2.62 bits per heavy atom. The fourth-order valence-corrected chi connectivity index (χ4v) is 4.74. The predicted molar refractivity (Wildman–Crippen MR) is 93.1 cm³/mol. The molecule has 2 fully saturated rings. The van der Waals surface area contributed by atoms with E-state index in [4.69, 9.17) is 5.73 Å². The molecule has 24 heavy (non-hydrogen) atoms. The van der Waals surface area contributed by atoms with Crippen LogP contribution in [0.5, 0.6) is 0 Å². The molecule has 0 spiro atoms. The third-order valence-corrected chi connectivity index (χ3v) is 6.39. The van der Waals surface area contributed by atoms with Crippen LogP contribution in [0.2, 0.25) is 0 Å². The summed E-state index contributed by atoms with van der Waals surface area (Å²) in [6.07, 6.45) is 5.21. The Bertz CT molecular complexity index is 729. The molecule has 7 heteroatoms. The van der Waals surface area contributed by atoms with E-state index in [1.54, 1.807) is 25.1 Å². The number of amides is 1. The Kier molecular flexibility index (Phi) is 4.94. The minimum absolute atomic E-state index is 0.0522. The number of nitrogens with one attached hydrogen (secondary N) is 2. The molecule has 0 aromatic heterocycles. The topological polar surface area (TPSA) is 101 Å². The highest BCUT2D eigenvalue weighted by Gasteiger charge is 2.29. The monoisotopic (exact) mass is 351 g/mol. The van der Waals surface area contributed by atoms with Crippen molar-refractivity contribution >= 4 is 21.6 Å². The van der Waals surface area contributed by atoms with Gasteiger partial charge in [0, 0.05) is 23.7 Å². The van der Waals surface area contributed by atoms with Gasteiger partial charge < -0.3 is 11.1 Å². The first-order valence-electron chi connectivity index (χ1n) is 8.54. The molecule has 132 valence electrons. The highest BCUT2D eigenvalue weighted by molar-refractivity contribution is 7.89. The first-order chi connectivity index (χ1) is 11.3. The SMILES string of the molecule is Cc1ccc(NC(=O)C2CCCC(N)C2)cc1S(=O)(=O)NC1CC1. The van der Waals surface area contributed by atoms with Gasteiger partial charge in [-0.15, -0.1) is 0 Å². The number of rotatable bonds is 5. The van der Waals surface area contributed by atoms with E-state index in [0.717, 1.165) is 32.1 Å². The molecule has 3 rings (SSSR count). The lowest BCUT2D eigenvalue weighted by atomic mass is 9.85. The summed E-state index contributed by atoms with van der Waals surface area (Å²) < 4.78 is 27.6. The molecule has 2 saturated carbocycles. The zero-order valence-electron chi connectivity index (χ0n) is 13.9. The van der Waals surface area contributed by atoms with E-state index in [1.807, 2.05) is 0 Å². The average Bonchev–Trinajstić information content (AvgIpc) is 3.32. The van der Waals surface area contributed by atoms with Crippen molar-refractivity contribution in [2.75, 3.05) is 5.32 Å². The summed E-state index contributed by atoms with van der Waals surface area (Å²) in [6.45, 7) is 1.76. The molecule has 6 nitrogen and oxygen atoms in total. The van der Waals surface area contributed by atoms with Gasteiger partial charge in [0.15, 0.2) is 0 Å². The van der Waals surface area contributed by atoms with Crippen LogP contribution in [0.25, 0.3) is 0 Å². The molecule has 4 N–H and O–H groups in total. The van der Waals surface area contributed by atoms with Gasteiger partial charge in [-0.25, -0.2) is 13.1 Å². The Labute approximate surface area is 143 Å². The molecule has 1 aromatic carbocycles. The van der Waals surface area contributed by atoms with Crippen molar-refractivity contribution in [2.24, 2.45) is 11.7 Å². The third-order valence-electron chi connectivity index (χ3n) is 4.73. The smallest absolute Gasteiger partial charge is 0.241 e. The molecular formula is C17H25N3O3S. The number of anilines is 1. The van der Waals surface area contributed by atoms with E-state index < -0.39 is 10.0 Å². The lowest BCUT2D eigenvalue weighted by Gasteiger charge is -2.25. The number of hydrogen-bond acceptors (Lipinski definition) is 4. The first kappa shape index (κ1) is 17.4. The van der Waals surface area contributed by atoms with Gasteiger partial charge in [-0.2, -0.15) is 0 Å². The van der Waals surface area contributed by atoms with Crippen molar-refractivity contribution in [2.45, 2.75) is 62.4 Å². The summed E-state index contributed by atoms with van der Waals surface area (Å²) in [5.74, 6) is -0.174. The van der Waals surface area contributed by atoms with Gasteiger partial charge in [0.25, 0.3) is 0 Å². The van der Waals surface area contributed by atoms with Crippen molar-refractivity contribution in [1.82, 2.24) is 4.72 Å². The second-order valence-corrected chi connectivity index (χ2v) is 8.67. The normalized spacial score (nSPS) is 24.6. The molecule has 2 aliphatic carbocycles. The van der Waals surface area contributed by atoms with Crippen molar-refractivity contribution in [1.29, 1.82) is 0 Å². The van der Waals surface area contributed by atoms with Gasteiger partial charge in [-0.05, 0) is 56.7 Å². The summed E-state index contributed by atoms with van der Waals surface area (Å²) in [6, 6.07) is 5.14. The zero-order chi connectivity index (χ0) is 17.3. The van der Waals surface area contributed by atoms with Gasteiger partial charge >= 0.3 is 0 Å². The van der Waals surface area contributed by atoms with Gasteiger partial charge in [0.1, 0.15) is 0 Å². The Balaban J connectivity index is 1.74. The minimum Gasteiger partial charge on any atom is -0.328 e. The minimum atomic E-state index is -3.54. The van der Waals surface area contributed by atoms with Crippen LogP contribution in [-0.4, -0.2) is 26.4 Å². The quantitative estimate of drug-likeness (QED) is 0.754. The van der Waals surface area contributed by atoms with E-state index in [9.17, 15) is 13.2 Å². The number of nitrogens with two attached hydrogens (primary N) is 1. The molecule has 1 amide bonds. The van der Waals surface area contributed by atoms with Crippen LogP contribution in [0.15, 0.2) is 23.1 Å². The molecule has 0 radical (unpaired) electrons. The first-order valence-corrected chi connectivity index (χ1v) is 10.0. The largest absolute Gasteiger partial charge is 0.328 e. The highest BCUT2D eigenvalue weighted by atomic mass is 32.2. The number of carbonyl (C=O) groups excluding carboxylic acids is 1. The third kappa shape index (κ3) is 4.15. The van der Waals surface area contributed by atoms with Crippen LogP contribution < -0.4 is 15.8 Å². The second-order valence-electron chi connectivity index (χ2n) is 6.99. The number of aryl methyl sites for hydroxylation is 1. The maximum Gasteiger partial charge on any atom is 0.241 e. The number of sulfonamides is 1. The van der Waals surface area contributed by atoms with Crippen LogP contribution in [0.3, 0.4) is 0 Å². The molecule has 0 heterocycles. The van der Waals surface area contributed by atoms with Crippen LogP contribution in [-0.2, 0) is 14.8 Å². The molecule has 2 atom stereocenters. The zero-order valence-corrected chi connectivity index (χ0v) is 14.7. The van der Waals surface area contributed by atoms with Crippen LogP contribution >= 0.6 is 0 Å². The Morgan fingerprint density at radius 1 is 1.21 bits per heavy atom. The lowest BCUT2D eigenvalue weighted by molar-refractivity contribution is -0.120. The molecule has 2 unspecified atom stereocenters. The van der Waals surface area contributed by atoms with Gasteiger partial charge in [0.05, 0.1) is 4.90 Å². The molecule has 0 bridgehead atoms. The van der Waals surface area contributed by atoms with Gasteiger partial charge in [-0.1, -0.05) is 12.5 Å². The van der Waals surface area contributed by atoms with E-state index in [0.29, 0.717) is 17.7 Å². The number of carbonyl (C=O) groups is 1. The summed E-state index contributed by atoms with van der Waals surface area (Å²) in [4.78, 5) is 12.6. The average molecular weight is 351 g/mol. The maximum absolute atomic E-state index is 12.4. The van der Waals surface area contributed by atoms with Gasteiger partial charge in [-0.3, -0.25) is 4.79 Å². The van der Waals surface area contributed by atoms with Crippen molar-refractivity contribution < 1.29 is 13.2 Å². The van der Waals surface area contributed by atoms with E-state index >= 15 is 0 Å². The van der Waals surface area contributed by atoms with E-state index in [2.05, 4.69) is 10.0 Å². The van der Waals surface area contributed by atoms with E-state index in [-0.39, 0.29) is 28.8 Å². The number of hydrogen-bond donors (Lipinski definition) is 3. The fourth-order valence-electron chi connectivity index (χ4n) is 3.16. The molecule has 2 aliphatic rings. The maximum atomic E-state index is 12.4. The van der Waals surface area contributed by atoms with Crippen molar-refractivity contribution in [3.8, 4) is 0 Å².